The van der Waals surface area contributed by atoms with Crippen molar-refractivity contribution in [3.8, 4) is 0 Å². The lowest BCUT2D eigenvalue weighted by Crippen LogP contribution is -2.80. The number of ether oxygens (including phenoxy) is 2. The lowest BCUT2D eigenvalue weighted by atomic mass is 9.64. The fraction of sp³-hybridized carbons (Fsp3) is 0.611. The van der Waals surface area contributed by atoms with E-state index in [-0.39, 0.29) is 18.2 Å². The Labute approximate surface area is 146 Å². The summed E-state index contributed by atoms with van der Waals surface area (Å²) in [5, 5.41) is 13.6. The van der Waals surface area contributed by atoms with Gasteiger partial charge in [-0.25, -0.2) is 9.59 Å². The van der Waals surface area contributed by atoms with E-state index < -0.39 is 35.1 Å². The zero-order chi connectivity index (χ0) is 18.2. The molecule has 0 aromatic heterocycles. The largest absolute Gasteiger partial charge is 0.466 e. The summed E-state index contributed by atoms with van der Waals surface area (Å²) >= 11 is 0. The summed E-state index contributed by atoms with van der Waals surface area (Å²) in [6.45, 7) is 1.67. The van der Waals surface area contributed by atoms with Gasteiger partial charge in [-0.05, 0) is 32.6 Å². The van der Waals surface area contributed by atoms with Crippen LogP contribution in [0.15, 0.2) is 24.3 Å². The first-order valence-electron chi connectivity index (χ1n) is 8.51. The average molecular weight is 349 g/mol. The van der Waals surface area contributed by atoms with Gasteiger partial charge < -0.3 is 19.9 Å². The van der Waals surface area contributed by atoms with Crippen molar-refractivity contribution in [1.29, 1.82) is 0 Å². The van der Waals surface area contributed by atoms with E-state index in [0.29, 0.717) is 0 Å². The number of methoxy groups -OCH3 is 1. The number of amides is 1. The van der Waals surface area contributed by atoms with Gasteiger partial charge in [0.25, 0.3) is 0 Å². The van der Waals surface area contributed by atoms with Gasteiger partial charge in [-0.1, -0.05) is 18.2 Å². The van der Waals surface area contributed by atoms with E-state index in [4.69, 9.17) is 4.74 Å². The normalized spacial score (nSPS) is 37.9. The Kier molecular flexibility index (Phi) is 4.45. The first-order valence-corrected chi connectivity index (χ1v) is 8.51. The molecule has 25 heavy (non-hydrogen) atoms. The van der Waals surface area contributed by atoms with Gasteiger partial charge in [0.05, 0.1) is 19.1 Å². The Morgan fingerprint density at radius 2 is 2.32 bits per heavy atom. The van der Waals surface area contributed by atoms with Crippen molar-refractivity contribution in [1.82, 2.24) is 5.32 Å². The van der Waals surface area contributed by atoms with Gasteiger partial charge in [-0.2, -0.15) is 0 Å². The molecule has 0 aromatic carbocycles. The summed E-state index contributed by atoms with van der Waals surface area (Å²) in [5.41, 5.74) is -2.58. The summed E-state index contributed by atoms with van der Waals surface area (Å²) in [5.74, 6) is -2.36. The Hall–Kier alpha value is -2.15. The van der Waals surface area contributed by atoms with Crippen LogP contribution >= 0.6 is 0 Å². The van der Waals surface area contributed by atoms with Crippen molar-refractivity contribution in [3.63, 3.8) is 0 Å². The second-order valence-corrected chi connectivity index (χ2v) is 6.98. The molecule has 2 aliphatic heterocycles. The van der Waals surface area contributed by atoms with Gasteiger partial charge in [0.2, 0.25) is 11.4 Å². The van der Waals surface area contributed by atoms with Gasteiger partial charge in [-0.3, -0.25) is 4.79 Å². The molecule has 2 fully saturated rings. The summed E-state index contributed by atoms with van der Waals surface area (Å²) in [6.07, 6.45) is 8.45. The lowest BCUT2D eigenvalue weighted by molar-refractivity contribution is -0.237. The minimum Gasteiger partial charge on any atom is -0.466 e. The fourth-order valence-electron chi connectivity index (χ4n) is 4.17. The standard InChI is InChI=1S/C18H23NO6/c1-17-12(9-6-10-13(20)24-2)15(22)19-18(17,16(23)25-17)14(21)11-7-4-3-5-8-11/h4,6-7,10-12,14,21H,3,5,8-9H2,1-2H3,(H,19,22)/b10-6+/t11-,12+,14+,17+,18+/m1/s1. The van der Waals surface area contributed by atoms with Crippen LogP contribution in [0.3, 0.4) is 0 Å². The van der Waals surface area contributed by atoms with E-state index in [1.54, 1.807) is 6.92 Å². The topological polar surface area (TPSA) is 102 Å². The summed E-state index contributed by atoms with van der Waals surface area (Å²) in [4.78, 5) is 36.0. The second kappa shape index (κ2) is 6.29. The molecule has 7 heteroatoms. The summed E-state index contributed by atoms with van der Waals surface area (Å²) < 4.78 is 9.90. The SMILES string of the molecule is COC(=O)/C=C/C[C@H]1C(=O)N[C@@]2([C@@H](O)[C@@H]3C=CCCC3)C(=O)O[C@@]12C. The minimum atomic E-state index is -1.43. The van der Waals surface area contributed by atoms with E-state index in [1.807, 2.05) is 12.2 Å². The monoisotopic (exact) mass is 349 g/mol. The van der Waals surface area contributed by atoms with Crippen LogP contribution < -0.4 is 5.32 Å². The van der Waals surface area contributed by atoms with E-state index in [2.05, 4.69) is 10.1 Å². The second-order valence-electron chi connectivity index (χ2n) is 6.98. The highest BCUT2D eigenvalue weighted by Gasteiger charge is 2.79. The van der Waals surface area contributed by atoms with Crippen LogP contribution in [0.2, 0.25) is 0 Å². The number of fused-ring (bicyclic) bond motifs is 1. The van der Waals surface area contributed by atoms with Crippen molar-refractivity contribution >= 4 is 17.8 Å². The molecule has 7 nitrogen and oxygen atoms in total. The summed E-state index contributed by atoms with van der Waals surface area (Å²) in [6, 6.07) is 0. The average Bonchev–Trinajstić information content (AvgIpc) is 2.79. The molecule has 1 aliphatic carbocycles. The molecule has 0 unspecified atom stereocenters. The quantitative estimate of drug-likeness (QED) is 0.429. The highest BCUT2D eigenvalue weighted by Crippen LogP contribution is 2.53. The number of hydrogen-bond donors (Lipinski definition) is 2. The number of aliphatic hydroxyl groups excluding tert-OH is 1. The van der Waals surface area contributed by atoms with Crippen LogP contribution in [-0.4, -0.2) is 47.3 Å². The van der Waals surface area contributed by atoms with Crippen molar-refractivity contribution in [3.05, 3.63) is 24.3 Å². The maximum Gasteiger partial charge on any atom is 0.339 e. The molecule has 2 saturated heterocycles. The van der Waals surface area contributed by atoms with Crippen LogP contribution in [0.5, 0.6) is 0 Å². The highest BCUT2D eigenvalue weighted by atomic mass is 16.6. The molecule has 2 heterocycles. The zero-order valence-corrected chi connectivity index (χ0v) is 14.4. The van der Waals surface area contributed by atoms with Gasteiger partial charge >= 0.3 is 11.9 Å². The van der Waals surface area contributed by atoms with Crippen molar-refractivity contribution in [2.45, 2.75) is 49.9 Å². The van der Waals surface area contributed by atoms with E-state index in [9.17, 15) is 19.5 Å². The predicted molar refractivity (Wildman–Crippen MR) is 87.1 cm³/mol. The fourth-order valence-corrected chi connectivity index (χ4v) is 4.17. The number of nitrogens with one attached hydrogen (secondary N) is 1. The summed E-state index contributed by atoms with van der Waals surface area (Å²) in [7, 11) is 1.27. The number of hydrogen-bond acceptors (Lipinski definition) is 6. The van der Waals surface area contributed by atoms with Gasteiger partial charge in [0.15, 0.2) is 5.60 Å². The van der Waals surface area contributed by atoms with Crippen LogP contribution in [0.1, 0.15) is 32.6 Å². The number of allylic oxidation sites excluding steroid dienone is 2. The molecular weight excluding hydrogens is 326 g/mol. The molecule has 0 saturated carbocycles. The highest BCUT2D eigenvalue weighted by molar-refractivity contribution is 6.02. The van der Waals surface area contributed by atoms with Crippen molar-refractivity contribution in [2.24, 2.45) is 11.8 Å². The van der Waals surface area contributed by atoms with Gasteiger partial charge in [0.1, 0.15) is 0 Å². The Morgan fingerprint density at radius 1 is 1.56 bits per heavy atom. The molecule has 0 bridgehead atoms. The Bertz CT molecular complexity index is 656. The van der Waals surface area contributed by atoms with Gasteiger partial charge in [-0.15, -0.1) is 0 Å². The molecule has 0 radical (unpaired) electrons. The van der Waals surface area contributed by atoms with Crippen molar-refractivity contribution < 1.29 is 29.0 Å². The molecule has 0 spiro atoms. The van der Waals surface area contributed by atoms with Crippen LogP contribution in [-0.2, 0) is 23.9 Å². The third kappa shape index (κ3) is 2.49. The van der Waals surface area contributed by atoms with E-state index >= 15 is 0 Å². The van der Waals surface area contributed by atoms with Crippen molar-refractivity contribution in [2.75, 3.05) is 7.11 Å². The molecule has 5 atom stereocenters. The molecule has 1 amide bonds. The zero-order valence-electron chi connectivity index (χ0n) is 14.4. The number of rotatable bonds is 5. The lowest BCUT2D eigenvalue weighted by Gasteiger charge is -2.54. The minimum absolute atomic E-state index is 0.203. The number of esters is 2. The number of aliphatic hydroxyl groups is 1. The van der Waals surface area contributed by atoms with E-state index in [1.165, 1.54) is 19.3 Å². The molecule has 0 aromatic rings. The Balaban J connectivity index is 1.84. The van der Waals surface area contributed by atoms with E-state index in [0.717, 1.165) is 19.3 Å². The maximum absolute atomic E-state index is 12.5. The molecule has 3 aliphatic rings. The molecule has 2 N–H and O–H groups in total. The third-order valence-corrected chi connectivity index (χ3v) is 5.68. The number of carbonyl (C=O) groups excluding carboxylic acids is 3. The first kappa shape index (κ1) is 17.7. The molecular formula is C18H23NO6. The molecule has 3 rings (SSSR count). The smallest absolute Gasteiger partial charge is 0.339 e. The first-order chi connectivity index (χ1) is 11.9. The molecule has 136 valence electrons. The van der Waals surface area contributed by atoms with Crippen LogP contribution in [0.4, 0.5) is 0 Å². The maximum atomic E-state index is 12.5. The third-order valence-electron chi connectivity index (χ3n) is 5.68. The van der Waals surface area contributed by atoms with Gasteiger partial charge in [0, 0.05) is 12.0 Å². The predicted octanol–water partition coefficient (Wildman–Crippen LogP) is 0.623. The number of carbonyl (C=O) groups is 3. The van der Waals surface area contributed by atoms with Crippen LogP contribution in [0, 0.1) is 11.8 Å². The van der Waals surface area contributed by atoms with Crippen LogP contribution in [0.25, 0.3) is 0 Å². The Morgan fingerprint density at radius 3 is 2.92 bits per heavy atom.